The van der Waals surface area contributed by atoms with Crippen molar-refractivity contribution in [2.45, 2.75) is 32.6 Å². The number of Topliss-reactive ketones (excluding diaryl/α,β-unsaturated/α-hetero) is 1. The van der Waals surface area contributed by atoms with Crippen molar-refractivity contribution in [3.63, 3.8) is 0 Å². The van der Waals surface area contributed by atoms with E-state index >= 15 is 0 Å². The Morgan fingerprint density at radius 1 is 1.50 bits per heavy atom. The molecule has 1 aliphatic rings. The van der Waals surface area contributed by atoms with Gasteiger partial charge in [0.25, 0.3) is 0 Å². The summed E-state index contributed by atoms with van der Waals surface area (Å²) < 4.78 is 0. The van der Waals surface area contributed by atoms with Crippen LogP contribution in [-0.2, 0) is 11.2 Å². The lowest BCUT2D eigenvalue weighted by Crippen LogP contribution is -2.03. The summed E-state index contributed by atoms with van der Waals surface area (Å²) in [6, 6.07) is 5.97. The molecule has 0 N–H and O–H groups in total. The number of aromatic nitrogens is 1. The zero-order valence-corrected chi connectivity index (χ0v) is 8.49. The summed E-state index contributed by atoms with van der Waals surface area (Å²) in [6.45, 7) is 1.98. The fourth-order valence-corrected chi connectivity index (χ4v) is 1.60. The molecule has 2 rings (SSSR count). The molecule has 0 saturated heterocycles. The van der Waals surface area contributed by atoms with Gasteiger partial charge in [-0.3, -0.25) is 9.78 Å². The number of hydrogen-bond acceptors (Lipinski definition) is 2. The zero-order valence-electron chi connectivity index (χ0n) is 8.49. The molecule has 1 heterocycles. The maximum atomic E-state index is 11.4. The van der Waals surface area contributed by atoms with E-state index in [4.69, 9.17) is 0 Å². The van der Waals surface area contributed by atoms with E-state index in [0.29, 0.717) is 18.1 Å². The number of carbonyl (C=O) groups excluding carboxylic acids is 1. The van der Waals surface area contributed by atoms with E-state index in [0.717, 1.165) is 30.7 Å². The molecule has 74 valence electrons. The van der Waals surface area contributed by atoms with Crippen molar-refractivity contribution in [3.8, 4) is 0 Å². The molecule has 0 bridgehead atoms. The van der Waals surface area contributed by atoms with Gasteiger partial charge in [-0.1, -0.05) is 6.07 Å². The Hall–Kier alpha value is -1.18. The first kappa shape index (κ1) is 9.38. The largest absolute Gasteiger partial charge is 0.299 e. The second-order valence-corrected chi connectivity index (χ2v) is 4.01. The highest BCUT2D eigenvalue weighted by Crippen LogP contribution is 2.31. The first-order chi connectivity index (χ1) is 6.75. The highest BCUT2D eigenvalue weighted by molar-refractivity contribution is 5.83. The van der Waals surface area contributed by atoms with Gasteiger partial charge < -0.3 is 0 Å². The van der Waals surface area contributed by atoms with Gasteiger partial charge in [0, 0.05) is 23.7 Å². The highest BCUT2D eigenvalue weighted by atomic mass is 16.1. The van der Waals surface area contributed by atoms with E-state index in [2.05, 4.69) is 4.98 Å². The Balaban J connectivity index is 1.87. The molecule has 1 saturated carbocycles. The lowest BCUT2D eigenvalue weighted by Gasteiger charge is -2.00. The number of carbonyl (C=O) groups is 1. The van der Waals surface area contributed by atoms with Gasteiger partial charge >= 0.3 is 0 Å². The SMILES string of the molecule is Cc1cccc(CCC(=O)C2CC2)n1. The lowest BCUT2D eigenvalue weighted by atomic mass is 10.1. The molecule has 1 fully saturated rings. The first-order valence-corrected chi connectivity index (χ1v) is 5.21. The molecule has 14 heavy (non-hydrogen) atoms. The van der Waals surface area contributed by atoms with Gasteiger partial charge in [-0.15, -0.1) is 0 Å². The van der Waals surface area contributed by atoms with E-state index in [1.54, 1.807) is 0 Å². The topological polar surface area (TPSA) is 30.0 Å². The number of nitrogens with zero attached hydrogens (tertiary/aromatic N) is 1. The van der Waals surface area contributed by atoms with Crippen LogP contribution in [0.4, 0.5) is 0 Å². The van der Waals surface area contributed by atoms with Gasteiger partial charge in [-0.25, -0.2) is 0 Å². The third kappa shape index (κ3) is 2.41. The maximum Gasteiger partial charge on any atom is 0.136 e. The summed E-state index contributed by atoms with van der Waals surface area (Å²) in [5, 5.41) is 0. The Kier molecular flexibility index (Phi) is 2.62. The molecule has 0 spiro atoms. The van der Waals surface area contributed by atoms with Crippen LogP contribution in [0.1, 0.15) is 30.7 Å². The van der Waals surface area contributed by atoms with Crippen LogP contribution in [0.15, 0.2) is 18.2 Å². The van der Waals surface area contributed by atoms with Crippen molar-refractivity contribution in [2.24, 2.45) is 5.92 Å². The Bertz CT molecular complexity index is 342. The fraction of sp³-hybridized carbons (Fsp3) is 0.500. The third-order valence-electron chi connectivity index (χ3n) is 2.61. The van der Waals surface area contributed by atoms with Crippen molar-refractivity contribution in [1.82, 2.24) is 4.98 Å². The molecule has 0 amide bonds. The van der Waals surface area contributed by atoms with Crippen molar-refractivity contribution in [1.29, 1.82) is 0 Å². The number of ketones is 1. The van der Waals surface area contributed by atoms with Gasteiger partial charge in [0.1, 0.15) is 5.78 Å². The molecular formula is C12H15NO. The molecule has 0 radical (unpaired) electrons. The second kappa shape index (κ2) is 3.91. The monoisotopic (exact) mass is 189 g/mol. The van der Waals surface area contributed by atoms with E-state index in [1.165, 1.54) is 0 Å². The molecule has 1 aromatic heterocycles. The molecule has 2 nitrogen and oxygen atoms in total. The van der Waals surface area contributed by atoms with Gasteiger partial charge in [0.15, 0.2) is 0 Å². The van der Waals surface area contributed by atoms with Crippen molar-refractivity contribution >= 4 is 5.78 Å². The Labute approximate surface area is 84.4 Å². The first-order valence-electron chi connectivity index (χ1n) is 5.21. The molecule has 2 heteroatoms. The molecule has 0 atom stereocenters. The van der Waals surface area contributed by atoms with Crippen molar-refractivity contribution in [3.05, 3.63) is 29.6 Å². The average molecular weight is 189 g/mol. The maximum absolute atomic E-state index is 11.4. The molecular weight excluding hydrogens is 174 g/mol. The zero-order chi connectivity index (χ0) is 9.97. The molecule has 0 aromatic carbocycles. The summed E-state index contributed by atoms with van der Waals surface area (Å²) in [7, 11) is 0. The van der Waals surface area contributed by atoms with Gasteiger partial charge in [0.05, 0.1) is 0 Å². The summed E-state index contributed by atoms with van der Waals surface area (Å²) in [5.74, 6) is 0.813. The third-order valence-corrected chi connectivity index (χ3v) is 2.61. The normalized spacial score (nSPS) is 15.5. The van der Waals surface area contributed by atoms with E-state index < -0.39 is 0 Å². The molecule has 0 aliphatic heterocycles. The van der Waals surface area contributed by atoms with Crippen molar-refractivity contribution < 1.29 is 4.79 Å². The lowest BCUT2D eigenvalue weighted by molar-refractivity contribution is -0.120. The van der Waals surface area contributed by atoms with Crippen molar-refractivity contribution in [2.75, 3.05) is 0 Å². The minimum absolute atomic E-state index is 0.389. The van der Waals surface area contributed by atoms with Crippen LogP contribution < -0.4 is 0 Å². The quantitative estimate of drug-likeness (QED) is 0.727. The average Bonchev–Trinajstić information content (AvgIpc) is 2.97. The van der Waals surface area contributed by atoms with E-state index in [1.807, 2.05) is 25.1 Å². The summed E-state index contributed by atoms with van der Waals surface area (Å²) in [6.07, 6.45) is 3.69. The standard InChI is InChI=1S/C12H15NO/c1-9-3-2-4-11(13-9)7-8-12(14)10-5-6-10/h2-4,10H,5-8H2,1H3. The highest BCUT2D eigenvalue weighted by Gasteiger charge is 2.28. The van der Waals surface area contributed by atoms with Crippen LogP contribution in [-0.4, -0.2) is 10.8 Å². The van der Waals surface area contributed by atoms with Crippen LogP contribution in [0.2, 0.25) is 0 Å². The number of rotatable bonds is 4. The smallest absolute Gasteiger partial charge is 0.136 e. The Morgan fingerprint density at radius 2 is 2.29 bits per heavy atom. The molecule has 0 unspecified atom stereocenters. The predicted octanol–water partition coefficient (Wildman–Crippen LogP) is 2.30. The van der Waals surface area contributed by atoms with Crippen LogP contribution in [0.5, 0.6) is 0 Å². The van der Waals surface area contributed by atoms with E-state index in [9.17, 15) is 4.79 Å². The summed E-state index contributed by atoms with van der Waals surface area (Å²) >= 11 is 0. The Morgan fingerprint density at radius 3 is 2.93 bits per heavy atom. The van der Waals surface area contributed by atoms with Crippen LogP contribution in [0, 0.1) is 12.8 Å². The van der Waals surface area contributed by atoms with E-state index in [-0.39, 0.29) is 0 Å². The molecule has 1 aromatic rings. The molecule has 1 aliphatic carbocycles. The predicted molar refractivity (Wildman–Crippen MR) is 55.0 cm³/mol. The van der Waals surface area contributed by atoms with Crippen LogP contribution in [0.25, 0.3) is 0 Å². The van der Waals surface area contributed by atoms with Crippen LogP contribution in [0.3, 0.4) is 0 Å². The number of pyridine rings is 1. The summed E-state index contributed by atoms with van der Waals surface area (Å²) in [4.78, 5) is 15.8. The van der Waals surface area contributed by atoms with Gasteiger partial charge in [0.2, 0.25) is 0 Å². The summed E-state index contributed by atoms with van der Waals surface area (Å²) in [5.41, 5.74) is 2.07. The van der Waals surface area contributed by atoms with Gasteiger partial charge in [-0.2, -0.15) is 0 Å². The minimum Gasteiger partial charge on any atom is -0.299 e. The number of hydrogen-bond donors (Lipinski definition) is 0. The number of aryl methyl sites for hydroxylation is 2. The van der Waals surface area contributed by atoms with Gasteiger partial charge in [-0.05, 0) is 38.3 Å². The minimum atomic E-state index is 0.389. The fourth-order valence-electron chi connectivity index (χ4n) is 1.60. The van der Waals surface area contributed by atoms with Crippen LogP contribution >= 0.6 is 0 Å². The second-order valence-electron chi connectivity index (χ2n) is 4.01.